The molecule has 4 heteroatoms. The Labute approximate surface area is 96.5 Å². The van der Waals surface area contributed by atoms with E-state index < -0.39 is 11.9 Å². The molecule has 90 valence electrons. The zero-order valence-corrected chi connectivity index (χ0v) is 10.2. The van der Waals surface area contributed by atoms with Crippen LogP contribution in [0.2, 0.25) is 0 Å². The van der Waals surface area contributed by atoms with Crippen molar-refractivity contribution < 1.29 is 9.59 Å². The molecule has 0 bridgehead atoms. The molecule has 2 N–H and O–H groups in total. The van der Waals surface area contributed by atoms with E-state index in [4.69, 9.17) is 5.73 Å². The van der Waals surface area contributed by atoms with Gasteiger partial charge in [-0.15, -0.1) is 0 Å². The van der Waals surface area contributed by atoms with E-state index in [-0.39, 0.29) is 11.8 Å². The Hall–Kier alpha value is -1.32. The summed E-state index contributed by atoms with van der Waals surface area (Å²) in [5.41, 5.74) is 6.49. The number of allylic oxidation sites excluding steroid dienone is 1. The van der Waals surface area contributed by atoms with Crippen molar-refractivity contribution in [1.82, 2.24) is 4.90 Å². The third-order valence-corrected chi connectivity index (χ3v) is 2.85. The summed E-state index contributed by atoms with van der Waals surface area (Å²) in [6, 6.07) is -0.442. The second-order valence-corrected chi connectivity index (χ2v) is 4.58. The van der Waals surface area contributed by atoms with Crippen LogP contribution in [0, 0.1) is 5.92 Å². The van der Waals surface area contributed by atoms with Crippen LogP contribution >= 0.6 is 0 Å². The Kier molecular flexibility index (Phi) is 4.10. The van der Waals surface area contributed by atoms with Crippen molar-refractivity contribution in [2.75, 3.05) is 6.54 Å². The minimum Gasteiger partial charge on any atom is -0.368 e. The fourth-order valence-electron chi connectivity index (χ4n) is 2.22. The van der Waals surface area contributed by atoms with Crippen molar-refractivity contribution in [1.29, 1.82) is 0 Å². The van der Waals surface area contributed by atoms with Gasteiger partial charge in [-0.05, 0) is 20.3 Å². The topological polar surface area (TPSA) is 63.4 Å². The molecule has 2 unspecified atom stereocenters. The van der Waals surface area contributed by atoms with E-state index in [0.717, 1.165) is 0 Å². The van der Waals surface area contributed by atoms with Gasteiger partial charge >= 0.3 is 0 Å². The maximum absolute atomic E-state index is 11.8. The van der Waals surface area contributed by atoms with Crippen molar-refractivity contribution in [3.8, 4) is 0 Å². The van der Waals surface area contributed by atoms with E-state index in [1.165, 1.54) is 5.57 Å². The third kappa shape index (κ3) is 2.84. The van der Waals surface area contributed by atoms with Gasteiger partial charge in [0.15, 0.2) is 0 Å². The molecule has 2 atom stereocenters. The summed E-state index contributed by atoms with van der Waals surface area (Å²) in [6.45, 7) is 6.51. The van der Waals surface area contributed by atoms with Gasteiger partial charge in [0.2, 0.25) is 11.8 Å². The van der Waals surface area contributed by atoms with Crippen molar-refractivity contribution in [2.45, 2.75) is 39.7 Å². The molecule has 0 radical (unpaired) electrons. The maximum atomic E-state index is 11.8. The average Bonchev–Trinajstić information content (AvgIpc) is 2.46. The van der Waals surface area contributed by atoms with Crippen LogP contribution in [0.5, 0.6) is 0 Å². The molecule has 1 aliphatic heterocycles. The molecule has 0 aliphatic carbocycles. The first-order valence-corrected chi connectivity index (χ1v) is 5.69. The standard InChI is InChI=1S/C12H20N2O2/c1-4-10(12(13)16)14-7-9(5-8(2)3)6-11(14)15/h5,9-10H,4,6-7H2,1-3H3,(H2,13,16). The molecule has 0 spiro atoms. The number of amides is 2. The summed E-state index contributed by atoms with van der Waals surface area (Å²) in [5.74, 6) is -0.146. The molecule has 2 amide bonds. The molecule has 0 aromatic carbocycles. The van der Waals surface area contributed by atoms with Gasteiger partial charge in [-0.1, -0.05) is 18.6 Å². The normalized spacial score (nSPS) is 22.1. The fourth-order valence-corrected chi connectivity index (χ4v) is 2.22. The number of nitrogens with two attached hydrogens (primary N) is 1. The zero-order valence-electron chi connectivity index (χ0n) is 10.2. The number of nitrogens with zero attached hydrogens (tertiary/aromatic N) is 1. The van der Waals surface area contributed by atoms with Gasteiger partial charge in [0, 0.05) is 18.9 Å². The summed E-state index contributed by atoms with van der Waals surface area (Å²) in [7, 11) is 0. The highest BCUT2D eigenvalue weighted by atomic mass is 16.2. The predicted octanol–water partition coefficient (Wildman–Crippen LogP) is 1.06. The largest absolute Gasteiger partial charge is 0.368 e. The summed E-state index contributed by atoms with van der Waals surface area (Å²) in [6.07, 6.45) is 3.17. The van der Waals surface area contributed by atoms with Crippen LogP contribution in [0.1, 0.15) is 33.6 Å². The lowest BCUT2D eigenvalue weighted by Gasteiger charge is -2.24. The quantitative estimate of drug-likeness (QED) is 0.726. The third-order valence-electron chi connectivity index (χ3n) is 2.85. The van der Waals surface area contributed by atoms with Gasteiger partial charge in [0.1, 0.15) is 6.04 Å². The van der Waals surface area contributed by atoms with Crippen molar-refractivity contribution in [3.05, 3.63) is 11.6 Å². The van der Waals surface area contributed by atoms with E-state index >= 15 is 0 Å². The van der Waals surface area contributed by atoms with Crippen LogP contribution in [-0.2, 0) is 9.59 Å². The molecule has 0 aromatic rings. The Morgan fingerprint density at radius 2 is 2.25 bits per heavy atom. The monoisotopic (exact) mass is 224 g/mol. The number of hydrogen-bond donors (Lipinski definition) is 1. The zero-order chi connectivity index (χ0) is 12.3. The first-order valence-electron chi connectivity index (χ1n) is 5.69. The molecule has 1 heterocycles. The molecule has 0 saturated carbocycles. The van der Waals surface area contributed by atoms with Gasteiger partial charge < -0.3 is 10.6 Å². The van der Waals surface area contributed by atoms with Crippen LogP contribution in [0.25, 0.3) is 0 Å². The smallest absolute Gasteiger partial charge is 0.240 e. The maximum Gasteiger partial charge on any atom is 0.240 e. The van der Waals surface area contributed by atoms with Gasteiger partial charge in [-0.25, -0.2) is 0 Å². The lowest BCUT2D eigenvalue weighted by atomic mass is 10.1. The van der Waals surface area contributed by atoms with Crippen molar-refractivity contribution in [3.63, 3.8) is 0 Å². The molecule has 16 heavy (non-hydrogen) atoms. The molecule has 1 rings (SSSR count). The fraction of sp³-hybridized carbons (Fsp3) is 0.667. The van der Waals surface area contributed by atoms with E-state index in [1.54, 1.807) is 4.90 Å². The van der Waals surface area contributed by atoms with Crippen LogP contribution in [0.15, 0.2) is 11.6 Å². The van der Waals surface area contributed by atoms with E-state index in [2.05, 4.69) is 6.08 Å². The minimum atomic E-state index is -0.442. The second kappa shape index (κ2) is 5.14. The first-order chi connectivity index (χ1) is 7.45. The van der Waals surface area contributed by atoms with Gasteiger partial charge in [-0.3, -0.25) is 9.59 Å². The molecule has 4 nitrogen and oxygen atoms in total. The summed E-state index contributed by atoms with van der Waals surface area (Å²) < 4.78 is 0. The van der Waals surface area contributed by atoms with Gasteiger partial charge in [-0.2, -0.15) is 0 Å². The first kappa shape index (κ1) is 12.7. The molecular formula is C12H20N2O2. The Bertz CT molecular complexity index is 319. The Morgan fingerprint density at radius 3 is 2.69 bits per heavy atom. The SMILES string of the molecule is CCC(C(N)=O)N1CC(C=C(C)C)CC1=O. The average molecular weight is 224 g/mol. The number of carbonyl (C=O) groups is 2. The molecule has 1 aliphatic rings. The lowest BCUT2D eigenvalue weighted by molar-refractivity contribution is -0.136. The van der Waals surface area contributed by atoms with E-state index in [9.17, 15) is 9.59 Å². The second-order valence-electron chi connectivity index (χ2n) is 4.58. The highest BCUT2D eigenvalue weighted by molar-refractivity contribution is 5.88. The molecular weight excluding hydrogens is 204 g/mol. The number of rotatable bonds is 4. The van der Waals surface area contributed by atoms with Crippen LogP contribution in [0.3, 0.4) is 0 Å². The van der Waals surface area contributed by atoms with E-state index in [1.807, 2.05) is 20.8 Å². The highest BCUT2D eigenvalue weighted by Gasteiger charge is 2.34. The van der Waals surface area contributed by atoms with Crippen molar-refractivity contribution >= 4 is 11.8 Å². The summed E-state index contributed by atoms with van der Waals surface area (Å²) in [4.78, 5) is 24.6. The summed E-state index contributed by atoms with van der Waals surface area (Å²) >= 11 is 0. The predicted molar refractivity (Wildman–Crippen MR) is 62.5 cm³/mol. The van der Waals surface area contributed by atoms with Crippen LogP contribution in [0.4, 0.5) is 0 Å². The molecule has 1 fully saturated rings. The Balaban J connectivity index is 2.74. The highest BCUT2D eigenvalue weighted by Crippen LogP contribution is 2.23. The van der Waals surface area contributed by atoms with Crippen LogP contribution < -0.4 is 5.73 Å². The lowest BCUT2D eigenvalue weighted by Crippen LogP contribution is -2.45. The summed E-state index contributed by atoms with van der Waals surface area (Å²) in [5, 5.41) is 0. The van der Waals surface area contributed by atoms with Gasteiger partial charge in [0.05, 0.1) is 0 Å². The molecule has 1 saturated heterocycles. The Morgan fingerprint density at radius 1 is 1.62 bits per heavy atom. The minimum absolute atomic E-state index is 0.0353. The van der Waals surface area contributed by atoms with Crippen molar-refractivity contribution in [2.24, 2.45) is 11.7 Å². The van der Waals surface area contributed by atoms with Gasteiger partial charge in [0.25, 0.3) is 0 Å². The number of primary amides is 1. The van der Waals surface area contributed by atoms with E-state index in [0.29, 0.717) is 19.4 Å². The number of hydrogen-bond acceptors (Lipinski definition) is 2. The number of carbonyl (C=O) groups excluding carboxylic acids is 2. The van der Waals surface area contributed by atoms with Crippen LogP contribution in [-0.4, -0.2) is 29.3 Å². The number of likely N-dealkylation sites (tertiary alicyclic amines) is 1. The molecule has 0 aromatic heterocycles.